The van der Waals surface area contributed by atoms with Crippen molar-refractivity contribution in [2.24, 2.45) is 0 Å². The average Bonchev–Trinajstić information content (AvgIpc) is 2.61. The molecule has 0 radical (unpaired) electrons. The van der Waals surface area contributed by atoms with Crippen molar-refractivity contribution in [3.63, 3.8) is 0 Å². The fourth-order valence-corrected chi connectivity index (χ4v) is 2.14. The van der Waals surface area contributed by atoms with Crippen LogP contribution in [0.1, 0.15) is 27.6 Å². The molecular formula is C19H15ClO5. The summed E-state index contributed by atoms with van der Waals surface area (Å²) in [7, 11) is 0. The second-order valence-corrected chi connectivity index (χ2v) is 5.21. The Labute approximate surface area is 150 Å². The molecule has 0 atom stereocenters. The van der Waals surface area contributed by atoms with Crippen LogP contribution in [0.25, 0.3) is 0 Å². The lowest BCUT2D eigenvalue weighted by molar-refractivity contribution is 0.0556. The van der Waals surface area contributed by atoms with Crippen LogP contribution < -0.4 is 9.47 Å². The molecule has 128 valence electrons. The van der Waals surface area contributed by atoms with Crippen molar-refractivity contribution in [1.29, 1.82) is 0 Å². The first kappa shape index (κ1) is 18.4. The smallest absolute Gasteiger partial charge is 0.343 e. The van der Waals surface area contributed by atoms with E-state index in [2.05, 4.69) is 5.92 Å². The molecule has 0 saturated carbocycles. The Hall–Kier alpha value is -2.97. The minimum Gasteiger partial charge on any atom is -0.490 e. The molecule has 0 amide bonds. The summed E-state index contributed by atoms with van der Waals surface area (Å²) in [4.78, 5) is 24.1. The zero-order chi connectivity index (χ0) is 18.2. The highest BCUT2D eigenvalue weighted by Gasteiger charge is 2.16. The third-order valence-corrected chi connectivity index (χ3v) is 3.26. The van der Waals surface area contributed by atoms with E-state index in [0.29, 0.717) is 17.2 Å². The molecule has 2 aromatic rings. The van der Waals surface area contributed by atoms with Gasteiger partial charge in [-0.2, -0.15) is 0 Å². The summed E-state index contributed by atoms with van der Waals surface area (Å²) in [5, 5.41) is 0.422. The molecule has 0 aliphatic heterocycles. The number of hydrogen-bond acceptors (Lipinski definition) is 5. The van der Waals surface area contributed by atoms with Crippen molar-refractivity contribution in [2.45, 2.75) is 6.92 Å². The van der Waals surface area contributed by atoms with Gasteiger partial charge in [0, 0.05) is 5.02 Å². The van der Waals surface area contributed by atoms with Gasteiger partial charge in [0.15, 0.2) is 18.1 Å². The van der Waals surface area contributed by atoms with Gasteiger partial charge in [0.1, 0.15) is 0 Å². The van der Waals surface area contributed by atoms with Crippen molar-refractivity contribution >= 4 is 23.5 Å². The van der Waals surface area contributed by atoms with Crippen LogP contribution in [0, 0.1) is 12.3 Å². The molecule has 0 heterocycles. The Kier molecular flexibility index (Phi) is 6.44. The number of carbonyl (C=O) groups is 2. The summed E-state index contributed by atoms with van der Waals surface area (Å²) in [6.45, 7) is 1.96. The largest absolute Gasteiger partial charge is 0.490 e. The van der Waals surface area contributed by atoms with Gasteiger partial charge < -0.3 is 14.2 Å². The van der Waals surface area contributed by atoms with Crippen molar-refractivity contribution in [2.75, 3.05) is 13.2 Å². The average molecular weight is 359 g/mol. The number of rotatable bonds is 6. The second-order valence-electron chi connectivity index (χ2n) is 4.77. The highest BCUT2D eigenvalue weighted by atomic mass is 35.5. The molecule has 0 aromatic heterocycles. The van der Waals surface area contributed by atoms with Gasteiger partial charge in [-0.1, -0.05) is 23.6 Å². The maximum absolute atomic E-state index is 12.2. The maximum Gasteiger partial charge on any atom is 0.343 e. The third-order valence-electron chi connectivity index (χ3n) is 3.03. The van der Waals surface area contributed by atoms with Crippen LogP contribution in [0.2, 0.25) is 5.02 Å². The Balaban J connectivity index is 2.23. The van der Waals surface area contributed by atoms with Crippen LogP contribution in [-0.2, 0) is 4.74 Å². The van der Waals surface area contributed by atoms with Crippen LogP contribution in [-0.4, -0.2) is 25.2 Å². The topological polar surface area (TPSA) is 61.8 Å². The number of benzene rings is 2. The lowest BCUT2D eigenvalue weighted by atomic mass is 10.2. The Morgan fingerprint density at radius 2 is 1.84 bits per heavy atom. The molecule has 0 fully saturated rings. The summed E-state index contributed by atoms with van der Waals surface area (Å²) < 4.78 is 15.7. The number of terminal acetylenes is 1. The highest BCUT2D eigenvalue weighted by molar-refractivity contribution is 6.30. The lowest BCUT2D eigenvalue weighted by Gasteiger charge is -2.12. The number of hydrogen-bond donors (Lipinski definition) is 0. The first-order chi connectivity index (χ1) is 12.0. The lowest BCUT2D eigenvalue weighted by Crippen LogP contribution is -2.11. The molecule has 6 heteroatoms. The molecule has 2 rings (SSSR count). The number of ether oxygens (including phenoxy) is 3. The van der Waals surface area contributed by atoms with Gasteiger partial charge in [-0.15, -0.1) is 6.42 Å². The first-order valence-electron chi connectivity index (χ1n) is 7.40. The molecule has 0 N–H and O–H groups in total. The van der Waals surface area contributed by atoms with Gasteiger partial charge in [0.25, 0.3) is 0 Å². The molecule has 0 spiro atoms. The Morgan fingerprint density at radius 1 is 1.08 bits per heavy atom. The fourth-order valence-electron chi connectivity index (χ4n) is 1.95. The van der Waals surface area contributed by atoms with Crippen molar-refractivity contribution < 1.29 is 23.8 Å². The third kappa shape index (κ3) is 5.00. The summed E-state index contributed by atoms with van der Waals surface area (Å²) in [6, 6.07) is 10.7. The van der Waals surface area contributed by atoms with Crippen LogP contribution in [0.4, 0.5) is 0 Å². The SMILES string of the molecule is C#CCOC(=O)c1ccc(OC(=O)c2cccc(Cl)c2)c(OCC)c1. The van der Waals surface area contributed by atoms with E-state index in [1.54, 1.807) is 25.1 Å². The van der Waals surface area contributed by atoms with E-state index in [0.717, 1.165) is 0 Å². The fraction of sp³-hybridized carbons (Fsp3) is 0.158. The number of esters is 2. The van der Waals surface area contributed by atoms with E-state index in [4.69, 9.17) is 32.2 Å². The standard InChI is InChI=1S/C19H15ClO5/c1-3-10-24-18(21)14-8-9-16(17(12-14)23-4-2)25-19(22)13-6-5-7-15(20)11-13/h1,5-9,11-12H,4,10H2,2H3. The quantitative estimate of drug-likeness (QED) is 0.447. The Morgan fingerprint density at radius 3 is 2.52 bits per heavy atom. The maximum atomic E-state index is 12.2. The molecule has 2 aromatic carbocycles. The molecule has 0 aliphatic carbocycles. The van der Waals surface area contributed by atoms with Crippen LogP contribution >= 0.6 is 11.6 Å². The molecule has 0 unspecified atom stereocenters. The van der Waals surface area contributed by atoms with Crippen LogP contribution in [0.3, 0.4) is 0 Å². The highest BCUT2D eigenvalue weighted by Crippen LogP contribution is 2.29. The molecule has 0 aliphatic rings. The van der Waals surface area contributed by atoms with Gasteiger partial charge in [0.05, 0.1) is 17.7 Å². The van der Waals surface area contributed by atoms with Crippen molar-refractivity contribution in [1.82, 2.24) is 0 Å². The minimum absolute atomic E-state index is 0.131. The van der Waals surface area contributed by atoms with Gasteiger partial charge in [0.2, 0.25) is 0 Å². The van der Waals surface area contributed by atoms with E-state index in [9.17, 15) is 9.59 Å². The van der Waals surface area contributed by atoms with E-state index >= 15 is 0 Å². The van der Waals surface area contributed by atoms with Gasteiger partial charge in [-0.3, -0.25) is 0 Å². The predicted octanol–water partition coefficient (Wildman–Crippen LogP) is 3.75. The van der Waals surface area contributed by atoms with E-state index in [1.807, 2.05) is 0 Å². The summed E-state index contributed by atoms with van der Waals surface area (Å²) in [5.41, 5.74) is 0.536. The van der Waals surface area contributed by atoms with Crippen LogP contribution in [0.15, 0.2) is 42.5 Å². The zero-order valence-electron chi connectivity index (χ0n) is 13.5. The first-order valence-corrected chi connectivity index (χ1v) is 7.78. The second kappa shape index (κ2) is 8.76. The molecule has 25 heavy (non-hydrogen) atoms. The van der Waals surface area contributed by atoms with Crippen LogP contribution in [0.5, 0.6) is 11.5 Å². The predicted molar refractivity (Wildman–Crippen MR) is 93.1 cm³/mol. The summed E-state index contributed by atoms with van der Waals surface area (Å²) >= 11 is 5.87. The number of carbonyl (C=O) groups excluding carboxylic acids is 2. The molecular weight excluding hydrogens is 344 g/mol. The molecule has 0 saturated heterocycles. The molecule has 5 nitrogen and oxygen atoms in total. The zero-order valence-corrected chi connectivity index (χ0v) is 14.2. The van der Waals surface area contributed by atoms with E-state index in [1.165, 1.54) is 24.3 Å². The van der Waals surface area contributed by atoms with Crippen molar-refractivity contribution in [3.8, 4) is 23.8 Å². The van der Waals surface area contributed by atoms with Crippen molar-refractivity contribution in [3.05, 3.63) is 58.6 Å². The minimum atomic E-state index is -0.592. The summed E-state index contributed by atoms with van der Waals surface area (Å²) in [5.74, 6) is 1.46. The number of halogens is 1. The normalized spacial score (nSPS) is 9.80. The summed E-state index contributed by atoms with van der Waals surface area (Å²) in [6.07, 6.45) is 5.06. The molecule has 0 bridgehead atoms. The van der Waals surface area contributed by atoms with Gasteiger partial charge in [-0.25, -0.2) is 9.59 Å². The monoisotopic (exact) mass is 358 g/mol. The Bertz CT molecular complexity index is 823. The van der Waals surface area contributed by atoms with Gasteiger partial charge >= 0.3 is 11.9 Å². The van der Waals surface area contributed by atoms with E-state index < -0.39 is 11.9 Å². The van der Waals surface area contributed by atoms with E-state index in [-0.39, 0.29) is 23.7 Å². The van der Waals surface area contributed by atoms with Gasteiger partial charge in [-0.05, 0) is 43.3 Å².